The summed E-state index contributed by atoms with van der Waals surface area (Å²) in [6, 6.07) is 0. The molecule has 0 spiro atoms. The van der Waals surface area contributed by atoms with E-state index in [-0.39, 0.29) is 12.1 Å². The molecule has 1 fully saturated rings. The van der Waals surface area contributed by atoms with Gasteiger partial charge in [-0.25, -0.2) is 4.39 Å². The Bertz CT molecular complexity index is 335. The van der Waals surface area contributed by atoms with Gasteiger partial charge in [-0.1, -0.05) is 59.3 Å². The van der Waals surface area contributed by atoms with Crippen LogP contribution in [0.5, 0.6) is 0 Å². The van der Waals surface area contributed by atoms with Crippen molar-refractivity contribution in [3.05, 3.63) is 23.3 Å². The molecule has 0 aromatic carbocycles. The van der Waals surface area contributed by atoms with Crippen molar-refractivity contribution in [3.63, 3.8) is 0 Å². The Hall–Kier alpha value is -0.590. The molecule has 1 aliphatic rings. The van der Waals surface area contributed by atoms with Gasteiger partial charge < -0.3 is 0 Å². The molecule has 0 saturated heterocycles. The molecule has 1 saturated carbocycles. The zero-order valence-electron chi connectivity index (χ0n) is 13.6. The van der Waals surface area contributed by atoms with Crippen LogP contribution in [-0.2, 0) is 0 Å². The van der Waals surface area contributed by atoms with Crippen molar-refractivity contribution < 1.29 is 4.39 Å². The monoisotopic (exact) mass is 266 g/mol. The van der Waals surface area contributed by atoms with Gasteiger partial charge in [-0.15, -0.1) is 0 Å². The second kappa shape index (κ2) is 6.72. The lowest BCUT2D eigenvalue weighted by Gasteiger charge is -2.33. The van der Waals surface area contributed by atoms with Crippen LogP contribution < -0.4 is 0 Å². The van der Waals surface area contributed by atoms with Gasteiger partial charge in [0.2, 0.25) is 0 Å². The van der Waals surface area contributed by atoms with Gasteiger partial charge >= 0.3 is 0 Å². The van der Waals surface area contributed by atoms with E-state index < -0.39 is 0 Å². The van der Waals surface area contributed by atoms with E-state index >= 15 is 0 Å². The number of halogens is 1. The smallest absolute Gasteiger partial charge is 0.111 e. The van der Waals surface area contributed by atoms with Crippen molar-refractivity contribution in [2.45, 2.75) is 60.8 Å². The summed E-state index contributed by atoms with van der Waals surface area (Å²) in [5, 5.41) is 0. The van der Waals surface area contributed by atoms with E-state index in [2.05, 4.69) is 53.7 Å². The molecule has 0 nitrogen and oxygen atoms in total. The van der Waals surface area contributed by atoms with Gasteiger partial charge in [-0.05, 0) is 48.0 Å². The lowest BCUT2D eigenvalue weighted by molar-refractivity contribution is 0.212. The first-order chi connectivity index (χ1) is 8.72. The molecule has 0 bridgehead atoms. The first-order valence-electron chi connectivity index (χ1n) is 7.70. The Kier molecular flexibility index (Phi) is 5.82. The second-order valence-corrected chi connectivity index (χ2v) is 7.69. The number of hydrogen-bond acceptors (Lipinski definition) is 0. The molecule has 1 heteroatoms. The summed E-state index contributed by atoms with van der Waals surface area (Å²) in [4.78, 5) is 0. The first kappa shape index (κ1) is 16.5. The molecular formula is C18H31F. The van der Waals surface area contributed by atoms with Crippen LogP contribution in [0.4, 0.5) is 4.39 Å². The van der Waals surface area contributed by atoms with Gasteiger partial charge in [0.1, 0.15) is 6.67 Å². The Morgan fingerprint density at radius 3 is 2.21 bits per heavy atom. The minimum atomic E-state index is -0.333. The summed E-state index contributed by atoms with van der Waals surface area (Å²) >= 11 is 0. The largest absolute Gasteiger partial charge is 0.246 e. The molecule has 0 aromatic heterocycles. The molecule has 0 unspecified atom stereocenters. The summed E-state index contributed by atoms with van der Waals surface area (Å²) in [6.07, 6.45) is 8.24. The zero-order valence-corrected chi connectivity index (χ0v) is 13.6. The summed E-state index contributed by atoms with van der Waals surface area (Å²) < 4.78 is 13.3. The highest BCUT2D eigenvalue weighted by molar-refractivity contribution is 5.28. The van der Waals surface area contributed by atoms with Crippen LogP contribution in [0.25, 0.3) is 0 Å². The number of alkyl halides is 1. The van der Waals surface area contributed by atoms with E-state index in [1.54, 1.807) is 0 Å². The second-order valence-electron chi connectivity index (χ2n) is 7.69. The van der Waals surface area contributed by atoms with Crippen LogP contribution in [-0.4, -0.2) is 6.67 Å². The maximum Gasteiger partial charge on any atom is 0.111 e. The van der Waals surface area contributed by atoms with Crippen LogP contribution in [0.3, 0.4) is 0 Å². The molecule has 0 N–H and O–H groups in total. The predicted octanol–water partition coefficient (Wildman–Crippen LogP) is 5.95. The highest BCUT2D eigenvalue weighted by Gasteiger charge is 2.26. The molecule has 0 aromatic rings. The number of hydrogen-bond donors (Lipinski definition) is 0. The highest BCUT2D eigenvalue weighted by Crippen LogP contribution is 2.38. The summed E-state index contributed by atoms with van der Waals surface area (Å²) in [5.41, 5.74) is 2.19. The molecule has 110 valence electrons. The predicted molar refractivity (Wildman–Crippen MR) is 82.9 cm³/mol. The Balaban J connectivity index is 2.82. The summed E-state index contributed by atoms with van der Waals surface area (Å²) in [7, 11) is 0. The van der Waals surface area contributed by atoms with Gasteiger partial charge in [-0.3, -0.25) is 0 Å². The van der Waals surface area contributed by atoms with E-state index in [4.69, 9.17) is 0 Å². The number of rotatable bonds is 5. The third kappa shape index (κ3) is 5.50. The SMILES string of the molecule is CC(C)/C=C(\C=C(/CF)C(C)(C)C)CC1CC(C)C1. The van der Waals surface area contributed by atoms with Crippen LogP contribution in [0.1, 0.15) is 60.8 Å². The van der Waals surface area contributed by atoms with Gasteiger partial charge in [0.05, 0.1) is 0 Å². The quantitative estimate of drug-likeness (QED) is 0.540. The van der Waals surface area contributed by atoms with Crippen LogP contribution in [0.2, 0.25) is 0 Å². The van der Waals surface area contributed by atoms with Crippen molar-refractivity contribution in [2.75, 3.05) is 6.67 Å². The Labute approximate surface area is 119 Å². The van der Waals surface area contributed by atoms with Gasteiger partial charge in [0.15, 0.2) is 0 Å². The minimum Gasteiger partial charge on any atom is -0.246 e. The van der Waals surface area contributed by atoms with Gasteiger partial charge in [-0.2, -0.15) is 0 Å². The Morgan fingerprint density at radius 1 is 1.26 bits per heavy atom. The fourth-order valence-corrected chi connectivity index (χ4v) is 2.85. The molecular weight excluding hydrogens is 235 g/mol. The van der Waals surface area contributed by atoms with Gasteiger partial charge in [0, 0.05) is 0 Å². The average molecular weight is 266 g/mol. The lowest BCUT2D eigenvalue weighted by atomic mass is 9.72. The van der Waals surface area contributed by atoms with E-state index in [0.717, 1.165) is 23.8 Å². The first-order valence-corrected chi connectivity index (χ1v) is 7.70. The maximum atomic E-state index is 13.3. The zero-order chi connectivity index (χ0) is 14.6. The molecule has 0 radical (unpaired) electrons. The molecule has 0 atom stereocenters. The fraction of sp³-hybridized carbons (Fsp3) is 0.778. The van der Waals surface area contributed by atoms with Crippen molar-refractivity contribution in [2.24, 2.45) is 23.2 Å². The van der Waals surface area contributed by atoms with Crippen LogP contribution >= 0.6 is 0 Å². The third-order valence-corrected chi connectivity index (χ3v) is 4.01. The Morgan fingerprint density at radius 2 is 1.84 bits per heavy atom. The van der Waals surface area contributed by atoms with Crippen molar-refractivity contribution in [1.29, 1.82) is 0 Å². The highest BCUT2D eigenvalue weighted by atomic mass is 19.1. The molecule has 0 aliphatic heterocycles. The van der Waals surface area contributed by atoms with E-state index in [1.807, 2.05) is 0 Å². The van der Waals surface area contributed by atoms with E-state index in [0.29, 0.717) is 5.92 Å². The lowest BCUT2D eigenvalue weighted by Crippen LogP contribution is -2.21. The average Bonchev–Trinajstić information content (AvgIpc) is 2.20. The van der Waals surface area contributed by atoms with E-state index in [9.17, 15) is 4.39 Å². The van der Waals surface area contributed by atoms with Crippen LogP contribution in [0, 0.1) is 23.2 Å². The van der Waals surface area contributed by atoms with Crippen molar-refractivity contribution >= 4 is 0 Å². The maximum absolute atomic E-state index is 13.3. The minimum absolute atomic E-state index is 0.0717. The van der Waals surface area contributed by atoms with Crippen LogP contribution in [0.15, 0.2) is 23.3 Å². The topological polar surface area (TPSA) is 0 Å². The molecule has 1 rings (SSSR count). The van der Waals surface area contributed by atoms with Gasteiger partial charge in [0.25, 0.3) is 0 Å². The molecule has 19 heavy (non-hydrogen) atoms. The fourth-order valence-electron chi connectivity index (χ4n) is 2.85. The third-order valence-electron chi connectivity index (χ3n) is 4.01. The molecule has 0 amide bonds. The van der Waals surface area contributed by atoms with E-state index in [1.165, 1.54) is 18.4 Å². The standard InChI is InChI=1S/C18H31F/c1-13(2)7-15(10-16-8-14(3)9-16)11-17(12-19)18(4,5)6/h7,11,13-14,16H,8-10,12H2,1-6H3/b15-7-,17-11+. The normalized spacial score (nSPS) is 25.7. The molecule has 0 heterocycles. The summed E-state index contributed by atoms with van der Waals surface area (Å²) in [6.45, 7) is 12.7. The number of allylic oxidation sites excluding steroid dienone is 4. The van der Waals surface area contributed by atoms with Crippen molar-refractivity contribution in [3.8, 4) is 0 Å². The molecule has 1 aliphatic carbocycles. The summed E-state index contributed by atoms with van der Waals surface area (Å²) in [5.74, 6) is 2.24. The van der Waals surface area contributed by atoms with Crippen molar-refractivity contribution in [1.82, 2.24) is 0 Å².